The molecule has 0 atom stereocenters. The lowest BCUT2D eigenvalue weighted by atomic mass is 9.91. The van der Waals surface area contributed by atoms with Gasteiger partial charge in [0.15, 0.2) is 0 Å². The molecule has 0 spiro atoms. The summed E-state index contributed by atoms with van der Waals surface area (Å²) in [6.07, 6.45) is 5.94. The van der Waals surface area contributed by atoms with Crippen molar-refractivity contribution in [2.75, 3.05) is 19.7 Å². The van der Waals surface area contributed by atoms with Crippen molar-refractivity contribution in [3.63, 3.8) is 0 Å². The van der Waals surface area contributed by atoms with Crippen LogP contribution in [0.5, 0.6) is 0 Å². The van der Waals surface area contributed by atoms with E-state index in [-0.39, 0.29) is 5.97 Å². The van der Waals surface area contributed by atoms with Crippen molar-refractivity contribution in [3.8, 4) is 11.4 Å². The lowest BCUT2D eigenvalue weighted by molar-refractivity contribution is 0.0526. The van der Waals surface area contributed by atoms with E-state index >= 15 is 0 Å². The van der Waals surface area contributed by atoms with E-state index < -0.39 is 0 Å². The zero-order valence-corrected chi connectivity index (χ0v) is 12.8. The number of pyridine rings is 1. The second kappa shape index (κ2) is 6.75. The first-order valence-corrected chi connectivity index (χ1v) is 7.80. The number of H-pyrrole nitrogens is 1. The smallest absolute Gasteiger partial charge is 0.339 e. The quantitative estimate of drug-likeness (QED) is 0.852. The highest BCUT2D eigenvalue weighted by Crippen LogP contribution is 2.26. The average molecular weight is 299 g/mol. The standard InChI is InChI=1S/C17H21N3O2/c1-2-22-17(21)14-9-16(20-11-14)15-4-3-13(10-19-15)12-5-7-18-8-6-12/h3-4,9-12,18,20H,2,5-8H2,1H3. The van der Waals surface area contributed by atoms with Crippen molar-refractivity contribution in [1.82, 2.24) is 15.3 Å². The van der Waals surface area contributed by atoms with Gasteiger partial charge < -0.3 is 15.0 Å². The first kappa shape index (κ1) is 14.8. The number of nitrogens with zero attached hydrogens (tertiary/aromatic N) is 1. The highest BCUT2D eigenvalue weighted by atomic mass is 16.5. The second-order valence-electron chi connectivity index (χ2n) is 5.52. The molecule has 0 saturated carbocycles. The van der Waals surface area contributed by atoms with Crippen molar-refractivity contribution < 1.29 is 9.53 Å². The number of aromatic nitrogens is 2. The van der Waals surface area contributed by atoms with Crippen molar-refractivity contribution >= 4 is 5.97 Å². The van der Waals surface area contributed by atoms with Gasteiger partial charge in [-0.25, -0.2) is 4.79 Å². The summed E-state index contributed by atoms with van der Waals surface area (Å²) in [6, 6.07) is 5.94. The van der Waals surface area contributed by atoms with Gasteiger partial charge in [-0.05, 0) is 56.5 Å². The van der Waals surface area contributed by atoms with E-state index in [1.165, 1.54) is 5.56 Å². The Balaban J connectivity index is 1.73. The Hall–Kier alpha value is -2.14. The monoisotopic (exact) mass is 299 g/mol. The van der Waals surface area contributed by atoms with Crippen LogP contribution in [0.3, 0.4) is 0 Å². The largest absolute Gasteiger partial charge is 0.462 e. The molecule has 2 aromatic rings. The fourth-order valence-electron chi connectivity index (χ4n) is 2.84. The molecule has 5 heteroatoms. The number of ether oxygens (including phenoxy) is 1. The number of hydrogen-bond donors (Lipinski definition) is 2. The number of piperidine rings is 1. The fraction of sp³-hybridized carbons (Fsp3) is 0.412. The molecule has 5 nitrogen and oxygen atoms in total. The number of rotatable bonds is 4. The van der Waals surface area contributed by atoms with E-state index in [4.69, 9.17) is 4.74 Å². The van der Waals surface area contributed by atoms with Crippen molar-refractivity contribution in [3.05, 3.63) is 41.7 Å². The molecular weight excluding hydrogens is 278 g/mol. The number of carbonyl (C=O) groups excluding carboxylic acids is 1. The molecule has 1 aliphatic heterocycles. The number of nitrogens with one attached hydrogen (secondary N) is 2. The van der Waals surface area contributed by atoms with E-state index in [2.05, 4.69) is 21.4 Å². The van der Waals surface area contributed by atoms with Crippen LogP contribution in [-0.2, 0) is 4.74 Å². The first-order chi connectivity index (χ1) is 10.8. The third kappa shape index (κ3) is 3.20. The predicted octanol–water partition coefficient (Wildman–Crippen LogP) is 2.72. The van der Waals surface area contributed by atoms with Crippen LogP contribution >= 0.6 is 0 Å². The van der Waals surface area contributed by atoms with E-state index in [9.17, 15) is 4.79 Å². The summed E-state index contributed by atoms with van der Waals surface area (Å²) in [6.45, 7) is 4.33. The van der Waals surface area contributed by atoms with Gasteiger partial charge in [0.2, 0.25) is 0 Å². The van der Waals surface area contributed by atoms with Crippen LogP contribution in [0, 0.1) is 0 Å². The van der Waals surface area contributed by atoms with Gasteiger partial charge in [0.1, 0.15) is 0 Å². The molecule has 0 unspecified atom stereocenters. The third-order valence-corrected chi connectivity index (χ3v) is 4.07. The summed E-state index contributed by atoms with van der Waals surface area (Å²) in [5, 5.41) is 3.38. The molecule has 116 valence electrons. The lowest BCUT2D eigenvalue weighted by Crippen LogP contribution is -2.26. The summed E-state index contributed by atoms with van der Waals surface area (Å²) in [7, 11) is 0. The van der Waals surface area contributed by atoms with Crippen LogP contribution in [0.4, 0.5) is 0 Å². The van der Waals surface area contributed by atoms with Gasteiger partial charge in [-0.2, -0.15) is 0 Å². The van der Waals surface area contributed by atoms with E-state index in [1.807, 2.05) is 12.3 Å². The molecule has 3 heterocycles. The van der Waals surface area contributed by atoms with E-state index in [0.29, 0.717) is 18.1 Å². The molecule has 22 heavy (non-hydrogen) atoms. The minimum absolute atomic E-state index is 0.309. The summed E-state index contributed by atoms with van der Waals surface area (Å²) in [5.74, 6) is 0.290. The van der Waals surface area contributed by atoms with Crippen LogP contribution < -0.4 is 5.32 Å². The van der Waals surface area contributed by atoms with E-state index in [0.717, 1.165) is 37.3 Å². The Bertz CT molecular complexity index is 628. The molecular formula is C17H21N3O2. The first-order valence-electron chi connectivity index (χ1n) is 7.80. The lowest BCUT2D eigenvalue weighted by Gasteiger charge is -2.22. The van der Waals surface area contributed by atoms with Gasteiger partial charge in [0, 0.05) is 12.4 Å². The van der Waals surface area contributed by atoms with Crippen molar-refractivity contribution in [2.24, 2.45) is 0 Å². The Morgan fingerprint density at radius 1 is 1.36 bits per heavy atom. The van der Waals surface area contributed by atoms with Crippen LogP contribution in [0.25, 0.3) is 11.4 Å². The summed E-state index contributed by atoms with van der Waals surface area (Å²) in [5.41, 5.74) is 3.50. The van der Waals surface area contributed by atoms with E-state index in [1.54, 1.807) is 19.2 Å². The molecule has 1 aliphatic rings. The summed E-state index contributed by atoms with van der Waals surface area (Å²) in [4.78, 5) is 19.3. The van der Waals surface area contributed by atoms with Crippen molar-refractivity contribution in [2.45, 2.75) is 25.7 Å². The number of carbonyl (C=O) groups is 1. The van der Waals surface area contributed by atoms with Crippen LogP contribution in [0.2, 0.25) is 0 Å². The molecule has 0 radical (unpaired) electrons. The maximum atomic E-state index is 11.7. The topological polar surface area (TPSA) is 67.0 Å². The zero-order valence-electron chi connectivity index (χ0n) is 12.8. The van der Waals surface area contributed by atoms with Gasteiger partial charge >= 0.3 is 5.97 Å². The Labute approximate surface area is 130 Å². The maximum absolute atomic E-state index is 11.7. The van der Waals surface area contributed by atoms with Crippen LogP contribution in [0.1, 0.15) is 41.6 Å². The van der Waals surface area contributed by atoms with Gasteiger partial charge in [-0.3, -0.25) is 4.98 Å². The molecule has 3 rings (SSSR count). The number of esters is 1. The molecule has 0 aliphatic carbocycles. The van der Waals surface area contributed by atoms with Gasteiger partial charge in [-0.1, -0.05) is 6.07 Å². The number of aromatic amines is 1. The Morgan fingerprint density at radius 2 is 2.18 bits per heavy atom. The molecule has 0 aromatic carbocycles. The highest BCUT2D eigenvalue weighted by molar-refractivity contribution is 5.90. The van der Waals surface area contributed by atoms with Crippen LogP contribution in [-0.4, -0.2) is 35.6 Å². The molecule has 0 bridgehead atoms. The molecule has 1 fully saturated rings. The minimum atomic E-state index is -0.309. The SMILES string of the molecule is CCOC(=O)c1c[nH]c(-c2ccc(C3CCNCC3)cn2)c1. The number of hydrogen-bond acceptors (Lipinski definition) is 4. The van der Waals surface area contributed by atoms with Crippen LogP contribution in [0.15, 0.2) is 30.6 Å². The van der Waals surface area contributed by atoms with Gasteiger partial charge in [0.25, 0.3) is 0 Å². The third-order valence-electron chi connectivity index (χ3n) is 4.07. The normalized spacial score (nSPS) is 15.7. The Morgan fingerprint density at radius 3 is 2.86 bits per heavy atom. The minimum Gasteiger partial charge on any atom is -0.462 e. The summed E-state index contributed by atoms with van der Waals surface area (Å²) < 4.78 is 4.99. The van der Waals surface area contributed by atoms with Crippen molar-refractivity contribution in [1.29, 1.82) is 0 Å². The van der Waals surface area contributed by atoms with Gasteiger partial charge in [0.05, 0.1) is 23.6 Å². The molecule has 2 N–H and O–H groups in total. The fourth-order valence-corrected chi connectivity index (χ4v) is 2.84. The molecule has 2 aromatic heterocycles. The molecule has 0 amide bonds. The second-order valence-corrected chi connectivity index (χ2v) is 5.52. The molecule has 1 saturated heterocycles. The average Bonchev–Trinajstić information content (AvgIpc) is 3.06. The van der Waals surface area contributed by atoms with Gasteiger partial charge in [-0.15, -0.1) is 0 Å². The predicted molar refractivity (Wildman–Crippen MR) is 84.8 cm³/mol. The maximum Gasteiger partial charge on any atom is 0.339 e. The zero-order chi connectivity index (χ0) is 15.4. The highest BCUT2D eigenvalue weighted by Gasteiger charge is 2.16. The Kier molecular flexibility index (Phi) is 4.53. The summed E-state index contributed by atoms with van der Waals surface area (Å²) >= 11 is 0.